The van der Waals surface area contributed by atoms with Gasteiger partial charge in [-0.1, -0.05) is 31.5 Å². The molecule has 0 atom stereocenters. The Morgan fingerprint density at radius 1 is 1.25 bits per heavy atom. The van der Waals surface area contributed by atoms with Gasteiger partial charge in [-0.3, -0.25) is 0 Å². The lowest BCUT2D eigenvalue weighted by Crippen LogP contribution is -2.10. The van der Waals surface area contributed by atoms with Gasteiger partial charge >= 0.3 is 0 Å². The fourth-order valence-corrected chi connectivity index (χ4v) is 1.65. The Bertz CT molecular complexity index is 291. The van der Waals surface area contributed by atoms with Crippen LogP contribution >= 0.6 is 11.6 Å². The molecule has 3 heteroatoms. The van der Waals surface area contributed by atoms with Crippen molar-refractivity contribution in [3.05, 3.63) is 29.8 Å². The zero-order valence-corrected chi connectivity index (χ0v) is 10.6. The SMILES string of the molecule is CCCCOCCNc1ccccc1CCl. The molecule has 0 unspecified atom stereocenters. The highest BCUT2D eigenvalue weighted by Gasteiger charge is 1.98. The van der Waals surface area contributed by atoms with Crippen molar-refractivity contribution in [1.29, 1.82) is 0 Å². The maximum absolute atomic E-state index is 5.84. The van der Waals surface area contributed by atoms with E-state index in [4.69, 9.17) is 16.3 Å². The second-order valence-corrected chi connectivity index (χ2v) is 3.95. The average molecular weight is 242 g/mol. The Kier molecular flexibility index (Phi) is 7.02. The van der Waals surface area contributed by atoms with Gasteiger partial charge in [-0.15, -0.1) is 11.6 Å². The molecule has 0 spiro atoms. The van der Waals surface area contributed by atoms with E-state index in [1.807, 2.05) is 24.3 Å². The van der Waals surface area contributed by atoms with Crippen molar-refractivity contribution >= 4 is 17.3 Å². The van der Waals surface area contributed by atoms with E-state index in [0.717, 1.165) is 37.4 Å². The van der Waals surface area contributed by atoms with Crippen LogP contribution in [0.5, 0.6) is 0 Å². The van der Waals surface area contributed by atoms with Gasteiger partial charge in [0.15, 0.2) is 0 Å². The lowest BCUT2D eigenvalue weighted by atomic mass is 10.2. The monoisotopic (exact) mass is 241 g/mol. The fourth-order valence-electron chi connectivity index (χ4n) is 1.42. The molecular formula is C13H20ClNO. The molecule has 0 fully saturated rings. The van der Waals surface area contributed by atoms with Crippen molar-refractivity contribution in [3.8, 4) is 0 Å². The number of halogens is 1. The van der Waals surface area contributed by atoms with Gasteiger partial charge in [0.2, 0.25) is 0 Å². The van der Waals surface area contributed by atoms with E-state index in [1.54, 1.807) is 0 Å². The molecule has 0 aromatic heterocycles. The van der Waals surface area contributed by atoms with Crippen molar-refractivity contribution in [2.45, 2.75) is 25.6 Å². The predicted octanol–water partition coefficient (Wildman–Crippen LogP) is 3.65. The number of para-hydroxylation sites is 1. The third kappa shape index (κ3) is 4.86. The number of nitrogens with one attached hydrogen (secondary N) is 1. The first-order valence-corrected chi connectivity index (χ1v) is 6.37. The van der Waals surface area contributed by atoms with Crippen LogP contribution in [-0.4, -0.2) is 19.8 Å². The molecular weight excluding hydrogens is 222 g/mol. The average Bonchev–Trinajstić information content (AvgIpc) is 2.34. The van der Waals surface area contributed by atoms with E-state index in [9.17, 15) is 0 Å². The Morgan fingerprint density at radius 3 is 2.81 bits per heavy atom. The third-order valence-corrected chi connectivity index (χ3v) is 2.65. The van der Waals surface area contributed by atoms with Crippen molar-refractivity contribution in [1.82, 2.24) is 0 Å². The molecule has 90 valence electrons. The van der Waals surface area contributed by atoms with E-state index in [2.05, 4.69) is 12.2 Å². The molecule has 1 rings (SSSR count). The van der Waals surface area contributed by atoms with Gasteiger partial charge in [-0.05, 0) is 18.1 Å². The number of unbranched alkanes of at least 4 members (excludes halogenated alkanes) is 1. The molecule has 16 heavy (non-hydrogen) atoms. The lowest BCUT2D eigenvalue weighted by Gasteiger charge is -2.10. The largest absolute Gasteiger partial charge is 0.382 e. The molecule has 0 bridgehead atoms. The molecule has 0 saturated carbocycles. The fraction of sp³-hybridized carbons (Fsp3) is 0.538. The number of hydrogen-bond acceptors (Lipinski definition) is 2. The van der Waals surface area contributed by atoms with Crippen LogP contribution in [0, 0.1) is 0 Å². The quantitative estimate of drug-likeness (QED) is 0.554. The summed E-state index contributed by atoms with van der Waals surface area (Å²) in [6.07, 6.45) is 2.32. The van der Waals surface area contributed by atoms with Crippen molar-refractivity contribution in [2.24, 2.45) is 0 Å². The van der Waals surface area contributed by atoms with E-state index >= 15 is 0 Å². The van der Waals surface area contributed by atoms with Gasteiger partial charge in [-0.2, -0.15) is 0 Å². The van der Waals surface area contributed by atoms with E-state index in [0.29, 0.717) is 5.88 Å². The molecule has 0 aliphatic carbocycles. The van der Waals surface area contributed by atoms with Crippen molar-refractivity contribution in [2.75, 3.05) is 25.1 Å². The highest BCUT2D eigenvalue weighted by molar-refractivity contribution is 6.17. The first-order chi connectivity index (χ1) is 7.88. The Hall–Kier alpha value is -0.730. The van der Waals surface area contributed by atoms with Gasteiger partial charge in [0.1, 0.15) is 0 Å². The highest BCUT2D eigenvalue weighted by atomic mass is 35.5. The zero-order valence-electron chi connectivity index (χ0n) is 9.84. The number of anilines is 1. The van der Waals surface area contributed by atoms with Crippen LogP contribution in [0.3, 0.4) is 0 Å². The summed E-state index contributed by atoms with van der Waals surface area (Å²) in [4.78, 5) is 0. The highest BCUT2D eigenvalue weighted by Crippen LogP contribution is 2.16. The minimum absolute atomic E-state index is 0.542. The van der Waals surface area contributed by atoms with Gasteiger partial charge in [0.25, 0.3) is 0 Å². The van der Waals surface area contributed by atoms with E-state index in [1.165, 1.54) is 6.42 Å². The molecule has 2 nitrogen and oxygen atoms in total. The van der Waals surface area contributed by atoms with Gasteiger partial charge in [0, 0.05) is 24.7 Å². The summed E-state index contributed by atoms with van der Waals surface area (Å²) < 4.78 is 5.47. The maximum Gasteiger partial charge on any atom is 0.0639 e. The van der Waals surface area contributed by atoms with Crippen LogP contribution in [-0.2, 0) is 10.6 Å². The smallest absolute Gasteiger partial charge is 0.0639 e. The Morgan fingerprint density at radius 2 is 2.06 bits per heavy atom. The molecule has 1 aromatic rings. The Labute approximate surface area is 103 Å². The first kappa shape index (κ1) is 13.3. The van der Waals surface area contributed by atoms with Crippen LogP contribution in [0.4, 0.5) is 5.69 Å². The third-order valence-electron chi connectivity index (χ3n) is 2.37. The van der Waals surface area contributed by atoms with E-state index < -0.39 is 0 Å². The normalized spacial score (nSPS) is 10.4. The predicted molar refractivity (Wildman–Crippen MR) is 70.2 cm³/mol. The minimum Gasteiger partial charge on any atom is -0.382 e. The molecule has 0 heterocycles. The molecule has 0 amide bonds. The number of rotatable bonds is 8. The summed E-state index contributed by atoms with van der Waals surface area (Å²) in [6.45, 7) is 4.60. The number of hydrogen-bond donors (Lipinski definition) is 1. The van der Waals surface area contributed by atoms with Crippen LogP contribution in [0.15, 0.2) is 24.3 Å². The summed E-state index contributed by atoms with van der Waals surface area (Å²) in [6, 6.07) is 8.09. The summed E-state index contributed by atoms with van der Waals surface area (Å²) in [7, 11) is 0. The first-order valence-electron chi connectivity index (χ1n) is 5.84. The summed E-state index contributed by atoms with van der Waals surface area (Å²) >= 11 is 5.84. The second kappa shape index (κ2) is 8.43. The number of alkyl halides is 1. The lowest BCUT2D eigenvalue weighted by molar-refractivity contribution is 0.141. The molecule has 0 aliphatic rings. The molecule has 1 aromatic carbocycles. The number of benzene rings is 1. The van der Waals surface area contributed by atoms with Crippen molar-refractivity contribution in [3.63, 3.8) is 0 Å². The zero-order chi connectivity index (χ0) is 11.6. The van der Waals surface area contributed by atoms with Gasteiger partial charge in [-0.25, -0.2) is 0 Å². The molecule has 0 saturated heterocycles. The standard InChI is InChI=1S/C13H20ClNO/c1-2-3-9-16-10-8-15-13-7-5-4-6-12(13)11-14/h4-7,15H,2-3,8-11H2,1H3. The van der Waals surface area contributed by atoms with Crippen LogP contribution < -0.4 is 5.32 Å². The minimum atomic E-state index is 0.542. The van der Waals surface area contributed by atoms with Crippen LogP contribution in [0.1, 0.15) is 25.3 Å². The Balaban J connectivity index is 2.21. The molecule has 0 radical (unpaired) electrons. The number of ether oxygens (including phenoxy) is 1. The van der Waals surface area contributed by atoms with Crippen LogP contribution in [0.2, 0.25) is 0 Å². The van der Waals surface area contributed by atoms with Crippen LogP contribution in [0.25, 0.3) is 0 Å². The van der Waals surface area contributed by atoms with Gasteiger partial charge < -0.3 is 10.1 Å². The topological polar surface area (TPSA) is 21.3 Å². The van der Waals surface area contributed by atoms with Gasteiger partial charge in [0.05, 0.1) is 6.61 Å². The summed E-state index contributed by atoms with van der Waals surface area (Å²) in [5, 5.41) is 3.33. The van der Waals surface area contributed by atoms with Crippen molar-refractivity contribution < 1.29 is 4.74 Å². The summed E-state index contributed by atoms with van der Waals surface area (Å²) in [5.74, 6) is 0.542. The maximum atomic E-state index is 5.84. The second-order valence-electron chi connectivity index (χ2n) is 3.68. The molecule has 1 N–H and O–H groups in total. The summed E-state index contributed by atoms with van der Waals surface area (Å²) in [5.41, 5.74) is 2.24. The molecule has 0 aliphatic heterocycles. The van der Waals surface area contributed by atoms with E-state index in [-0.39, 0.29) is 0 Å².